The van der Waals surface area contributed by atoms with E-state index in [9.17, 15) is 4.79 Å². The Morgan fingerprint density at radius 3 is 2.79 bits per heavy atom. The molecule has 1 amide bonds. The maximum Gasteiger partial charge on any atom is 0.255 e. The lowest BCUT2D eigenvalue weighted by Crippen LogP contribution is -2.82. The van der Waals surface area contributed by atoms with E-state index in [1.165, 1.54) is 12.8 Å². The number of hydrogen-bond donors (Lipinski definition) is 2. The zero-order valence-corrected chi connectivity index (χ0v) is 11.6. The van der Waals surface area contributed by atoms with Gasteiger partial charge in [-0.1, -0.05) is 13.3 Å². The Morgan fingerprint density at radius 1 is 1.37 bits per heavy atom. The first-order chi connectivity index (χ1) is 9.17. The van der Waals surface area contributed by atoms with Crippen LogP contribution in [0.25, 0.3) is 0 Å². The zero-order chi connectivity index (χ0) is 14.1. The van der Waals surface area contributed by atoms with Crippen molar-refractivity contribution in [2.75, 3.05) is 20.3 Å². The van der Waals surface area contributed by atoms with E-state index in [0.717, 1.165) is 18.7 Å². The topological polar surface area (TPSA) is 78.2 Å². The molecule has 0 bridgehead atoms. The number of amides is 1. The number of benzene rings is 1. The van der Waals surface area contributed by atoms with Gasteiger partial charge in [-0.15, -0.1) is 0 Å². The standard InChI is InChI=1S/C14H22N2O3/c1-3-4-7-16-9-11-5-6-12(18-2)13(8-11)19-10-14(15)17/h5-6,8,16H,3-4,7,9-10H2,1-2H3,(H2,15,17)/p+1. The van der Waals surface area contributed by atoms with E-state index in [1.54, 1.807) is 7.11 Å². The van der Waals surface area contributed by atoms with Crippen molar-refractivity contribution in [1.29, 1.82) is 0 Å². The Labute approximate surface area is 114 Å². The molecule has 0 heterocycles. The molecular weight excluding hydrogens is 244 g/mol. The first-order valence-corrected chi connectivity index (χ1v) is 6.57. The van der Waals surface area contributed by atoms with Crippen molar-refractivity contribution in [3.8, 4) is 11.5 Å². The molecule has 0 saturated carbocycles. The number of rotatable bonds is 9. The molecule has 0 aromatic heterocycles. The molecule has 0 fully saturated rings. The summed E-state index contributed by atoms with van der Waals surface area (Å²) < 4.78 is 10.5. The molecule has 0 aliphatic heterocycles. The van der Waals surface area contributed by atoms with Crippen molar-refractivity contribution in [3.63, 3.8) is 0 Å². The maximum absolute atomic E-state index is 10.8. The van der Waals surface area contributed by atoms with Gasteiger partial charge in [0.2, 0.25) is 0 Å². The van der Waals surface area contributed by atoms with Gasteiger partial charge in [-0.25, -0.2) is 0 Å². The monoisotopic (exact) mass is 267 g/mol. The van der Waals surface area contributed by atoms with Crippen molar-refractivity contribution in [3.05, 3.63) is 23.8 Å². The summed E-state index contributed by atoms with van der Waals surface area (Å²) >= 11 is 0. The van der Waals surface area contributed by atoms with E-state index in [2.05, 4.69) is 12.2 Å². The van der Waals surface area contributed by atoms with E-state index < -0.39 is 5.91 Å². The smallest absolute Gasteiger partial charge is 0.255 e. The molecular formula is C14H23N2O3+. The lowest BCUT2D eigenvalue weighted by atomic mass is 10.2. The maximum atomic E-state index is 10.8. The fraction of sp³-hybridized carbons (Fsp3) is 0.500. The van der Waals surface area contributed by atoms with Crippen LogP contribution in [0.4, 0.5) is 0 Å². The summed E-state index contributed by atoms with van der Waals surface area (Å²) in [6, 6.07) is 5.74. The Bertz CT molecular complexity index is 408. The van der Waals surface area contributed by atoms with Crippen molar-refractivity contribution in [2.45, 2.75) is 26.3 Å². The number of unbranched alkanes of at least 4 members (excludes halogenated alkanes) is 1. The Kier molecular flexibility index (Phi) is 6.74. The average molecular weight is 267 g/mol. The predicted octanol–water partition coefficient (Wildman–Crippen LogP) is 0.423. The van der Waals surface area contributed by atoms with Crippen molar-refractivity contribution in [2.24, 2.45) is 5.73 Å². The van der Waals surface area contributed by atoms with Gasteiger partial charge in [-0.3, -0.25) is 4.79 Å². The zero-order valence-electron chi connectivity index (χ0n) is 11.6. The number of methoxy groups -OCH3 is 1. The summed E-state index contributed by atoms with van der Waals surface area (Å²) in [6.07, 6.45) is 2.41. The second-order valence-electron chi connectivity index (χ2n) is 4.38. The van der Waals surface area contributed by atoms with Crippen LogP contribution in [-0.2, 0) is 11.3 Å². The molecule has 5 heteroatoms. The molecule has 0 aliphatic carbocycles. The summed E-state index contributed by atoms with van der Waals surface area (Å²) in [4.78, 5) is 10.8. The van der Waals surface area contributed by atoms with Gasteiger partial charge in [-0.05, 0) is 24.6 Å². The summed E-state index contributed by atoms with van der Waals surface area (Å²) in [5.41, 5.74) is 6.21. The fourth-order valence-corrected chi connectivity index (χ4v) is 1.73. The third kappa shape index (κ3) is 5.61. The molecule has 19 heavy (non-hydrogen) atoms. The number of carbonyl (C=O) groups is 1. The van der Waals surface area contributed by atoms with Crippen LogP contribution in [0.3, 0.4) is 0 Å². The minimum Gasteiger partial charge on any atom is -0.493 e. The Hall–Kier alpha value is -1.75. The van der Waals surface area contributed by atoms with E-state index in [-0.39, 0.29) is 6.61 Å². The molecule has 0 spiro atoms. The SMILES string of the molecule is CCCC[NH2+]Cc1ccc(OC)c(OCC(N)=O)c1. The summed E-state index contributed by atoms with van der Waals surface area (Å²) in [6.45, 7) is 4.04. The number of carbonyl (C=O) groups excluding carboxylic acids is 1. The van der Waals surface area contributed by atoms with Crippen LogP contribution in [0.15, 0.2) is 18.2 Å². The second kappa shape index (κ2) is 8.37. The van der Waals surface area contributed by atoms with Gasteiger partial charge >= 0.3 is 0 Å². The third-order valence-corrected chi connectivity index (χ3v) is 2.74. The molecule has 1 aromatic rings. The minimum atomic E-state index is -0.498. The fourth-order valence-electron chi connectivity index (χ4n) is 1.73. The number of primary amides is 1. The molecule has 0 aliphatic rings. The molecule has 4 N–H and O–H groups in total. The first kappa shape index (κ1) is 15.3. The molecule has 0 radical (unpaired) electrons. The molecule has 0 atom stereocenters. The van der Waals surface area contributed by atoms with E-state index >= 15 is 0 Å². The number of quaternary nitrogens is 1. The highest BCUT2D eigenvalue weighted by Gasteiger charge is 2.08. The molecule has 1 aromatic carbocycles. The van der Waals surface area contributed by atoms with Gasteiger partial charge in [0.15, 0.2) is 18.1 Å². The lowest BCUT2D eigenvalue weighted by molar-refractivity contribution is -0.670. The van der Waals surface area contributed by atoms with Gasteiger partial charge < -0.3 is 20.5 Å². The Balaban J connectivity index is 2.63. The molecule has 5 nitrogen and oxygen atoms in total. The molecule has 0 saturated heterocycles. The van der Waals surface area contributed by atoms with Crippen molar-refractivity contribution < 1.29 is 19.6 Å². The third-order valence-electron chi connectivity index (χ3n) is 2.74. The second-order valence-corrected chi connectivity index (χ2v) is 4.38. The molecule has 1 rings (SSSR count). The highest BCUT2D eigenvalue weighted by Crippen LogP contribution is 2.27. The van der Waals surface area contributed by atoms with Gasteiger partial charge in [0.1, 0.15) is 6.54 Å². The minimum absolute atomic E-state index is 0.140. The first-order valence-electron chi connectivity index (χ1n) is 6.57. The van der Waals surface area contributed by atoms with Crippen LogP contribution in [0.5, 0.6) is 11.5 Å². The van der Waals surface area contributed by atoms with Gasteiger partial charge in [0, 0.05) is 5.56 Å². The van der Waals surface area contributed by atoms with Crippen molar-refractivity contribution in [1.82, 2.24) is 0 Å². The number of ether oxygens (including phenoxy) is 2. The van der Waals surface area contributed by atoms with Crippen LogP contribution < -0.4 is 20.5 Å². The van der Waals surface area contributed by atoms with Crippen LogP contribution in [0.2, 0.25) is 0 Å². The largest absolute Gasteiger partial charge is 0.493 e. The number of hydrogen-bond acceptors (Lipinski definition) is 3. The van der Waals surface area contributed by atoms with Crippen LogP contribution >= 0.6 is 0 Å². The molecule has 106 valence electrons. The average Bonchev–Trinajstić information content (AvgIpc) is 2.41. The quantitative estimate of drug-likeness (QED) is 0.637. The van der Waals surface area contributed by atoms with Gasteiger partial charge in [-0.2, -0.15) is 0 Å². The van der Waals surface area contributed by atoms with Crippen LogP contribution in [-0.4, -0.2) is 26.2 Å². The predicted molar refractivity (Wildman–Crippen MR) is 73.1 cm³/mol. The van der Waals surface area contributed by atoms with Crippen molar-refractivity contribution >= 4 is 5.91 Å². The van der Waals surface area contributed by atoms with E-state index in [0.29, 0.717) is 11.5 Å². The van der Waals surface area contributed by atoms with E-state index in [1.807, 2.05) is 18.2 Å². The normalized spacial score (nSPS) is 10.2. The highest BCUT2D eigenvalue weighted by atomic mass is 16.5. The highest BCUT2D eigenvalue weighted by molar-refractivity contribution is 5.75. The van der Waals surface area contributed by atoms with Gasteiger partial charge in [0.05, 0.1) is 13.7 Å². The summed E-state index contributed by atoms with van der Waals surface area (Å²) in [5, 5.41) is 2.25. The lowest BCUT2D eigenvalue weighted by Gasteiger charge is -2.11. The van der Waals surface area contributed by atoms with Gasteiger partial charge in [0.25, 0.3) is 5.91 Å². The summed E-state index contributed by atoms with van der Waals surface area (Å²) in [7, 11) is 1.57. The van der Waals surface area contributed by atoms with E-state index in [4.69, 9.17) is 15.2 Å². The van der Waals surface area contributed by atoms with Crippen LogP contribution in [0.1, 0.15) is 25.3 Å². The number of nitrogens with two attached hydrogens (primary N) is 2. The molecule has 0 unspecified atom stereocenters. The van der Waals surface area contributed by atoms with Crippen LogP contribution in [0, 0.1) is 0 Å². The summed E-state index contributed by atoms with van der Waals surface area (Å²) in [5.74, 6) is 0.670. The Morgan fingerprint density at radius 2 is 2.16 bits per heavy atom.